The number of likely N-dealkylation sites (tertiary alicyclic amines) is 1. The van der Waals surface area contributed by atoms with Gasteiger partial charge in [0.25, 0.3) is 0 Å². The molecule has 1 N–H and O–H groups in total. The van der Waals surface area contributed by atoms with Crippen LogP contribution in [0.25, 0.3) is 0 Å². The van der Waals surface area contributed by atoms with Crippen molar-refractivity contribution in [3.05, 3.63) is 69.7 Å². The van der Waals surface area contributed by atoms with Gasteiger partial charge in [-0.1, -0.05) is 47.5 Å². The lowest BCUT2D eigenvalue weighted by Crippen LogP contribution is -2.26. The molecule has 6 heteroatoms. The lowest BCUT2D eigenvalue weighted by molar-refractivity contribution is -0.138. The molecular weight excluding hydrogens is 385 g/mol. The van der Waals surface area contributed by atoms with Gasteiger partial charge >= 0.3 is 5.97 Å². The maximum atomic E-state index is 10.9. The number of halogens is 2. The molecule has 27 heavy (non-hydrogen) atoms. The molecule has 1 saturated heterocycles. The lowest BCUT2D eigenvalue weighted by atomic mass is 10.0. The van der Waals surface area contributed by atoms with Crippen molar-refractivity contribution in [3.8, 4) is 0 Å². The summed E-state index contributed by atoms with van der Waals surface area (Å²) in [6.07, 6.45) is 0.983. The van der Waals surface area contributed by atoms with Crippen LogP contribution in [-0.4, -0.2) is 42.2 Å². The second-order valence-corrected chi connectivity index (χ2v) is 7.78. The van der Waals surface area contributed by atoms with Gasteiger partial charge < -0.3 is 14.7 Å². The van der Waals surface area contributed by atoms with Gasteiger partial charge in [-0.05, 0) is 54.3 Å². The average molecular weight is 408 g/mol. The average Bonchev–Trinajstić information content (AvgIpc) is 3.07. The van der Waals surface area contributed by atoms with E-state index >= 15 is 0 Å². The molecule has 1 aliphatic rings. The van der Waals surface area contributed by atoms with Gasteiger partial charge in [-0.25, -0.2) is 0 Å². The highest BCUT2D eigenvalue weighted by Crippen LogP contribution is 2.28. The molecule has 0 amide bonds. The first-order valence-electron chi connectivity index (χ1n) is 9.08. The Labute approximate surface area is 169 Å². The van der Waals surface area contributed by atoms with E-state index in [1.54, 1.807) is 0 Å². The number of nitrogens with zero attached hydrogens (tertiary/aromatic N) is 1. The molecule has 2 aromatic carbocycles. The Morgan fingerprint density at radius 1 is 1.07 bits per heavy atom. The Morgan fingerprint density at radius 3 is 2.15 bits per heavy atom. The zero-order valence-electron chi connectivity index (χ0n) is 15.0. The number of aliphatic carboxylic acids is 1. The number of ether oxygens (including phenoxy) is 1. The molecular formula is C21H23Cl2NO3. The molecule has 1 unspecified atom stereocenters. The smallest absolute Gasteiger partial charge is 0.303 e. The SMILES string of the molecule is O=C(O)CC1CCN(CCOC(c2ccc(Cl)cc2)c2ccc(Cl)cc2)C1. The minimum atomic E-state index is -0.719. The van der Waals surface area contributed by atoms with Crippen molar-refractivity contribution < 1.29 is 14.6 Å². The summed E-state index contributed by atoms with van der Waals surface area (Å²) in [5.74, 6) is -0.477. The third-order valence-electron chi connectivity index (χ3n) is 4.87. The molecule has 1 aliphatic heterocycles. The highest BCUT2D eigenvalue weighted by atomic mass is 35.5. The van der Waals surface area contributed by atoms with Crippen molar-refractivity contribution in [2.24, 2.45) is 5.92 Å². The minimum Gasteiger partial charge on any atom is -0.481 e. The van der Waals surface area contributed by atoms with Crippen LogP contribution in [0.5, 0.6) is 0 Å². The standard InChI is InChI=1S/C21H23Cl2NO3/c22-18-5-1-16(2-6-18)21(17-3-7-19(23)8-4-17)27-12-11-24-10-9-15(14-24)13-20(25)26/h1-8,15,21H,9-14H2,(H,25,26). The van der Waals surface area contributed by atoms with Crippen LogP contribution in [0.3, 0.4) is 0 Å². The largest absolute Gasteiger partial charge is 0.481 e. The Bertz CT molecular complexity index is 704. The second kappa shape index (κ2) is 9.56. The maximum absolute atomic E-state index is 10.9. The van der Waals surface area contributed by atoms with E-state index in [9.17, 15) is 4.79 Å². The third-order valence-corrected chi connectivity index (χ3v) is 5.37. The van der Waals surface area contributed by atoms with Gasteiger partial charge in [0.05, 0.1) is 6.61 Å². The number of carboxylic acid groups (broad SMARTS) is 1. The van der Waals surface area contributed by atoms with E-state index in [0.29, 0.717) is 16.7 Å². The highest BCUT2D eigenvalue weighted by Gasteiger charge is 2.24. The van der Waals surface area contributed by atoms with E-state index in [2.05, 4.69) is 4.90 Å². The maximum Gasteiger partial charge on any atom is 0.303 e. The van der Waals surface area contributed by atoms with Crippen LogP contribution >= 0.6 is 23.2 Å². The quantitative estimate of drug-likeness (QED) is 0.675. The van der Waals surface area contributed by atoms with Crippen LogP contribution in [0.2, 0.25) is 10.0 Å². The molecule has 1 heterocycles. The summed E-state index contributed by atoms with van der Waals surface area (Å²) in [5, 5.41) is 10.3. The summed E-state index contributed by atoms with van der Waals surface area (Å²) in [4.78, 5) is 13.1. The van der Waals surface area contributed by atoms with Crippen LogP contribution in [0, 0.1) is 5.92 Å². The van der Waals surface area contributed by atoms with Gasteiger partial charge in [-0.15, -0.1) is 0 Å². The normalized spacial score (nSPS) is 17.5. The second-order valence-electron chi connectivity index (χ2n) is 6.91. The molecule has 4 nitrogen and oxygen atoms in total. The molecule has 0 saturated carbocycles. The monoisotopic (exact) mass is 407 g/mol. The number of carbonyl (C=O) groups is 1. The fourth-order valence-corrected chi connectivity index (χ4v) is 3.74. The molecule has 0 aliphatic carbocycles. The van der Waals surface area contributed by atoms with Crippen molar-refractivity contribution in [2.45, 2.75) is 18.9 Å². The summed E-state index contributed by atoms with van der Waals surface area (Å²) in [6.45, 7) is 3.10. The van der Waals surface area contributed by atoms with E-state index in [0.717, 1.165) is 37.2 Å². The molecule has 1 atom stereocenters. The van der Waals surface area contributed by atoms with E-state index in [1.807, 2.05) is 48.5 Å². The zero-order chi connectivity index (χ0) is 19.2. The van der Waals surface area contributed by atoms with Crippen molar-refractivity contribution in [1.29, 1.82) is 0 Å². The molecule has 2 aromatic rings. The van der Waals surface area contributed by atoms with E-state index in [4.69, 9.17) is 33.0 Å². The number of hydrogen-bond donors (Lipinski definition) is 1. The van der Waals surface area contributed by atoms with E-state index in [1.165, 1.54) is 0 Å². The van der Waals surface area contributed by atoms with E-state index in [-0.39, 0.29) is 18.4 Å². The van der Waals surface area contributed by atoms with Crippen LogP contribution in [0.4, 0.5) is 0 Å². The van der Waals surface area contributed by atoms with Crippen LogP contribution in [0.1, 0.15) is 30.1 Å². The van der Waals surface area contributed by atoms with Crippen molar-refractivity contribution >= 4 is 29.2 Å². The number of hydrogen-bond acceptors (Lipinski definition) is 3. The molecule has 1 fully saturated rings. The predicted octanol–water partition coefficient (Wildman–Crippen LogP) is 4.90. The molecule has 0 bridgehead atoms. The van der Waals surface area contributed by atoms with Gasteiger partial charge in [0.2, 0.25) is 0 Å². The first-order chi connectivity index (χ1) is 13.0. The molecule has 0 aromatic heterocycles. The lowest BCUT2D eigenvalue weighted by Gasteiger charge is -2.22. The zero-order valence-corrected chi connectivity index (χ0v) is 16.5. The van der Waals surface area contributed by atoms with Gasteiger partial charge in [0.15, 0.2) is 0 Å². The van der Waals surface area contributed by atoms with E-state index < -0.39 is 5.97 Å². The third kappa shape index (κ3) is 5.94. The summed E-state index contributed by atoms with van der Waals surface area (Å²) in [5.41, 5.74) is 2.07. The van der Waals surface area contributed by atoms with Crippen molar-refractivity contribution in [1.82, 2.24) is 4.90 Å². The van der Waals surface area contributed by atoms with Crippen molar-refractivity contribution in [2.75, 3.05) is 26.2 Å². The molecule has 144 valence electrons. The first kappa shape index (κ1) is 20.2. The van der Waals surface area contributed by atoms with Crippen molar-refractivity contribution in [3.63, 3.8) is 0 Å². The number of carboxylic acids is 1. The van der Waals surface area contributed by atoms with Crippen LogP contribution in [-0.2, 0) is 9.53 Å². The van der Waals surface area contributed by atoms with Gasteiger partial charge in [-0.3, -0.25) is 4.79 Å². The fraction of sp³-hybridized carbons (Fsp3) is 0.381. The Hall–Kier alpha value is -1.59. The predicted molar refractivity (Wildman–Crippen MR) is 107 cm³/mol. The topological polar surface area (TPSA) is 49.8 Å². The number of rotatable bonds is 8. The summed E-state index contributed by atoms with van der Waals surface area (Å²) < 4.78 is 6.23. The Morgan fingerprint density at radius 2 is 1.63 bits per heavy atom. The minimum absolute atomic E-state index is 0.197. The van der Waals surface area contributed by atoms with Gasteiger partial charge in [0, 0.05) is 29.6 Å². The van der Waals surface area contributed by atoms with Crippen LogP contribution < -0.4 is 0 Å². The summed E-state index contributed by atoms with van der Waals surface area (Å²) in [6, 6.07) is 15.3. The highest BCUT2D eigenvalue weighted by molar-refractivity contribution is 6.30. The summed E-state index contributed by atoms with van der Waals surface area (Å²) >= 11 is 12.0. The van der Waals surface area contributed by atoms with Crippen LogP contribution in [0.15, 0.2) is 48.5 Å². The fourth-order valence-electron chi connectivity index (χ4n) is 3.49. The van der Waals surface area contributed by atoms with Gasteiger partial charge in [0.1, 0.15) is 6.10 Å². The number of benzene rings is 2. The Kier molecular flexibility index (Phi) is 7.13. The Balaban J connectivity index is 1.61. The summed E-state index contributed by atoms with van der Waals surface area (Å²) in [7, 11) is 0. The molecule has 0 spiro atoms. The van der Waals surface area contributed by atoms with Gasteiger partial charge in [-0.2, -0.15) is 0 Å². The molecule has 0 radical (unpaired) electrons. The first-order valence-corrected chi connectivity index (χ1v) is 9.83. The molecule has 3 rings (SSSR count).